The predicted molar refractivity (Wildman–Crippen MR) is 144 cm³/mol. The minimum absolute atomic E-state index is 0.0343. The first-order valence-corrected chi connectivity index (χ1v) is 14.0. The highest BCUT2D eigenvalue weighted by atomic mass is 32.2. The molecule has 198 valence electrons. The molecule has 1 aliphatic heterocycles. The van der Waals surface area contributed by atoms with E-state index < -0.39 is 34.4 Å². The molecule has 1 N–H and O–H groups in total. The highest BCUT2D eigenvalue weighted by Crippen LogP contribution is 2.30. The standard InChI is InChI=1S/C29H31N3O5S/c1-3-16-30-28(34)25(18-22-11-5-4-6-12-22)31(19-23-13-9-10-21(2)17-23)27(33)20-32-29(35)24-14-7-8-15-26(24)38(32,36)37/h4-15,17,25H,3,16,18-20H2,1-2H3,(H,30,34)/t25-/m0/s1. The number of carbonyl (C=O) groups excluding carboxylic acids is 3. The summed E-state index contributed by atoms with van der Waals surface area (Å²) < 4.78 is 26.9. The number of aryl methyl sites for hydroxylation is 1. The van der Waals surface area contributed by atoms with Crippen LogP contribution in [0.5, 0.6) is 0 Å². The van der Waals surface area contributed by atoms with Crippen molar-refractivity contribution in [3.05, 3.63) is 101 Å². The van der Waals surface area contributed by atoms with Gasteiger partial charge in [0.15, 0.2) is 0 Å². The second-order valence-corrected chi connectivity index (χ2v) is 11.2. The maximum absolute atomic E-state index is 13.9. The van der Waals surface area contributed by atoms with Crippen LogP contribution in [-0.2, 0) is 32.6 Å². The predicted octanol–water partition coefficient (Wildman–Crippen LogP) is 3.31. The Labute approximate surface area is 223 Å². The molecule has 9 heteroatoms. The van der Waals surface area contributed by atoms with Crippen LogP contribution in [0.15, 0.2) is 83.8 Å². The zero-order valence-electron chi connectivity index (χ0n) is 21.5. The van der Waals surface area contributed by atoms with Gasteiger partial charge in [-0.15, -0.1) is 0 Å². The topological polar surface area (TPSA) is 104 Å². The Morgan fingerprint density at radius 2 is 1.63 bits per heavy atom. The van der Waals surface area contributed by atoms with E-state index in [1.165, 1.54) is 23.1 Å². The fourth-order valence-electron chi connectivity index (χ4n) is 4.53. The normalized spacial score (nSPS) is 14.6. The zero-order valence-corrected chi connectivity index (χ0v) is 22.3. The molecule has 0 fully saturated rings. The van der Waals surface area contributed by atoms with Gasteiger partial charge in [0.05, 0.1) is 5.56 Å². The minimum atomic E-state index is -4.19. The lowest BCUT2D eigenvalue weighted by atomic mass is 10.0. The van der Waals surface area contributed by atoms with E-state index in [0.29, 0.717) is 17.3 Å². The highest BCUT2D eigenvalue weighted by Gasteiger charge is 2.43. The molecular weight excluding hydrogens is 502 g/mol. The van der Waals surface area contributed by atoms with Gasteiger partial charge >= 0.3 is 0 Å². The Bertz CT molecular complexity index is 1440. The van der Waals surface area contributed by atoms with Crippen LogP contribution in [0.2, 0.25) is 0 Å². The monoisotopic (exact) mass is 533 g/mol. The van der Waals surface area contributed by atoms with Gasteiger partial charge in [0.2, 0.25) is 11.8 Å². The molecular formula is C29H31N3O5S. The maximum atomic E-state index is 13.9. The van der Waals surface area contributed by atoms with E-state index in [-0.39, 0.29) is 29.3 Å². The Morgan fingerprint density at radius 3 is 2.32 bits per heavy atom. The van der Waals surface area contributed by atoms with E-state index in [0.717, 1.165) is 16.7 Å². The zero-order chi connectivity index (χ0) is 27.3. The Kier molecular flexibility index (Phi) is 8.26. The van der Waals surface area contributed by atoms with E-state index in [1.54, 1.807) is 6.07 Å². The number of sulfonamides is 1. The number of benzene rings is 3. The van der Waals surface area contributed by atoms with Gasteiger partial charge in [-0.2, -0.15) is 0 Å². The van der Waals surface area contributed by atoms with Crippen LogP contribution in [0.3, 0.4) is 0 Å². The number of nitrogens with zero attached hydrogens (tertiary/aromatic N) is 2. The van der Waals surface area contributed by atoms with Crippen LogP contribution in [0.4, 0.5) is 0 Å². The molecule has 0 aromatic heterocycles. The molecule has 3 amide bonds. The number of carbonyl (C=O) groups is 3. The molecule has 0 spiro atoms. The van der Waals surface area contributed by atoms with Gasteiger partial charge in [-0.3, -0.25) is 14.4 Å². The smallest absolute Gasteiger partial charge is 0.269 e. The average molecular weight is 534 g/mol. The van der Waals surface area contributed by atoms with Crippen LogP contribution < -0.4 is 5.32 Å². The van der Waals surface area contributed by atoms with Gasteiger partial charge in [0.1, 0.15) is 17.5 Å². The third-order valence-electron chi connectivity index (χ3n) is 6.45. The van der Waals surface area contributed by atoms with Crippen molar-refractivity contribution in [3.63, 3.8) is 0 Å². The molecule has 4 rings (SSSR count). The number of nitrogens with one attached hydrogen (secondary N) is 1. The molecule has 0 bridgehead atoms. The second-order valence-electron chi connectivity index (χ2n) is 9.32. The molecule has 0 saturated heterocycles. The molecule has 1 heterocycles. The summed E-state index contributed by atoms with van der Waals surface area (Å²) in [6, 6.07) is 21.9. The number of amides is 3. The van der Waals surface area contributed by atoms with Crippen molar-refractivity contribution in [1.29, 1.82) is 0 Å². The molecule has 3 aromatic rings. The molecule has 0 aliphatic carbocycles. The van der Waals surface area contributed by atoms with Gasteiger partial charge in [-0.05, 0) is 36.6 Å². The Balaban J connectivity index is 1.70. The van der Waals surface area contributed by atoms with Crippen molar-refractivity contribution in [2.24, 2.45) is 0 Å². The highest BCUT2D eigenvalue weighted by molar-refractivity contribution is 7.90. The lowest BCUT2D eigenvalue weighted by Gasteiger charge is -2.32. The van der Waals surface area contributed by atoms with E-state index in [1.807, 2.05) is 68.4 Å². The van der Waals surface area contributed by atoms with E-state index >= 15 is 0 Å². The molecule has 3 aromatic carbocycles. The van der Waals surface area contributed by atoms with Gasteiger partial charge in [0, 0.05) is 19.5 Å². The summed E-state index contributed by atoms with van der Waals surface area (Å²) in [5.41, 5.74) is 2.66. The van der Waals surface area contributed by atoms with Gasteiger partial charge in [-0.25, -0.2) is 12.7 Å². The van der Waals surface area contributed by atoms with E-state index in [4.69, 9.17) is 0 Å². The Hall–Kier alpha value is -3.98. The number of rotatable bonds is 10. The fraction of sp³-hybridized carbons (Fsp3) is 0.276. The number of fused-ring (bicyclic) bond motifs is 1. The average Bonchev–Trinajstić information content (AvgIpc) is 3.10. The first-order valence-electron chi connectivity index (χ1n) is 12.5. The van der Waals surface area contributed by atoms with E-state index in [2.05, 4.69) is 5.32 Å². The van der Waals surface area contributed by atoms with Gasteiger partial charge in [0.25, 0.3) is 15.9 Å². The van der Waals surface area contributed by atoms with Crippen LogP contribution in [0.25, 0.3) is 0 Å². The largest absolute Gasteiger partial charge is 0.354 e. The summed E-state index contributed by atoms with van der Waals surface area (Å²) in [5.74, 6) is -1.72. The van der Waals surface area contributed by atoms with Crippen molar-refractivity contribution in [2.45, 2.75) is 44.2 Å². The number of hydrogen-bond acceptors (Lipinski definition) is 5. The van der Waals surface area contributed by atoms with Crippen LogP contribution in [0, 0.1) is 6.92 Å². The first kappa shape index (κ1) is 27.1. The van der Waals surface area contributed by atoms with Gasteiger partial charge < -0.3 is 10.2 Å². The van der Waals surface area contributed by atoms with Crippen LogP contribution >= 0.6 is 0 Å². The van der Waals surface area contributed by atoms with Crippen molar-refractivity contribution >= 4 is 27.7 Å². The summed E-state index contributed by atoms with van der Waals surface area (Å²) >= 11 is 0. The molecule has 8 nitrogen and oxygen atoms in total. The quantitative estimate of drug-likeness (QED) is 0.431. The van der Waals surface area contributed by atoms with Crippen molar-refractivity contribution < 1.29 is 22.8 Å². The molecule has 1 aliphatic rings. The first-order chi connectivity index (χ1) is 18.2. The fourth-order valence-corrected chi connectivity index (χ4v) is 6.05. The second kappa shape index (κ2) is 11.6. The SMILES string of the molecule is CCCNC(=O)[C@H](Cc1ccccc1)N(Cc1cccc(C)c1)C(=O)CN1C(=O)c2ccccc2S1(=O)=O. The molecule has 38 heavy (non-hydrogen) atoms. The lowest BCUT2D eigenvalue weighted by molar-refractivity contribution is -0.141. The molecule has 0 radical (unpaired) electrons. The lowest BCUT2D eigenvalue weighted by Crippen LogP contribution is -2.53. The summed E-state index contributed by atoms with van der Waals surface area (Å²) in [4.78, 5) is 41.6. The molecule has 0 unspecified atom stereocenters. The molecule has 0 saturated carbocycles. The summed E-state index contributed by atoms with van der Waals surface area (Å²) in [6.07, 6.45) is 0.948. The van der Waals surface area contributed by atoms with Crippen LogP contribution in [0.1, 0.15) is 40.4 Å². The minimum Gasteiger partial charge on any atom is -0.354 e. The maximum Gasteiger partial charge on any atom is 0.269 e. The van der Waals surface area contributed by atoms with Crippen molar-refractivity contribution in [2.75, 3.05) is 13.1 Å². The van der Waals surface area contributed by atoms with Gasteiger partial charge in [-0.1, -0.05) is 79.2 Å². The third-order valence-corrected chi connectivity index (χ3v) is 8.23. The van der Waals surface area contributed by atoms with Crippen molar-refractivity contribution in [3.8, 4) is 0 Å². The van der Waals surface area contributed by atoms with E-state index in [9.17, 15) is 22.8 Å². The number of hydrogen-bond donors (Lipinski definition) is 1. The summed E-state index contributed by atoms with van der Waals surface area (Å²) in [6.45, 7) is 3.67. The molecule has 1 atom stereocenters. The summed E-state index contributed by atoms with van der Waals surface area (Å²) in [5, 5.41) is 2.89. The Morgan fingerprint density at radius 1 is 0.947 bits per heavy atom. The van der Waals surface area contributed by atoms with Crippen molar-refractivity contribution in [1.82, 2.24) is 14.5 Å². The summed E-state index contributed by atoms with van der Waals surface area (Å²) in [7, 11) is -4.19. The third kappa shape index (κ3) is 5.78. The van der Waals surface area contributed by atoms with Crippen LogP contribution in [-0.4, -0.2) is 54.5 Å².